The summed E-state index contributed by atoms with van der Waals surface area (Å²) in [5.41, 5.74) is 2.13. The van der Waals surface area contributed by atoms with Gasteiger partial charge < -0.3 is 9.47 Å². The zero-order valence-electron chi connectivity index (χ0n) is 10.7. The second-order valence-corrected chi connectivity index (χ2v) is 3.96. The van der Waals surface area contributed by atoms with Gasteiger partial charge in [0.2, 0.25) is 5.88 Å². The first-order valence-electron chi connectivity index (χ1n) is 6.03. The van der Waals surface area contributed by atoms with Crippen LogP contribution < -0.4 is 9.47 Å². The largest absolute Gasteiger partial charge is 0.487 e. The Bertz CT molecular complexity index is 464. The predicted molar refractivity (Wildman–Crippen MR) is 70.9 cm³/mol. The summed E-state index contributed by atoms with van der Waals surface area (Å²) in [5.74, 6) is 1.48. The maximum atomic E-state index is 5.72. The molecule has 0 radical (unpaired) electrons. The molecule has 0 saturated heterocycles. The molecule has 0 amide bonds. The molecule has 0 saturated carbocycles. The van der Waals surface area contributed by atoms with Crippen LogP contribution in [0.3, 0.4) is 0 Å². The zero-order chi connectivity index (χ0) is 12.8. The Labute approximate surface area is 107 Å². The smallest absolute Gasteiger partial charge is 0.213 e. The molecule has 0 atom stereocenters. The molecule has 3 nitrogen and oxygen atoms in total. The Morgan fingerprint density at radius 1 is 1.11 bits per heavy atom. The highest BCUT2D eigenvalue weighted by atomic mass is 16.5. The highest BCUT2D eigenvalue weighted by molar-refractivity contribution is 5.28. The standard InChI is InChI=1S/C15H17NO2/c1-3-12-6-4-8-14(10-12)18-11-13-7-5-9-15(16-13)17-2/h4-10H,3,11H2,1-2H3. The minimum atomic E-state index is 0.449. The summed E-state index contributed by atoms with van der Waals surface area (Å²) < 4.78 is 10.8. The topological polar surface area (TPSA) is 31.4 Å². The van der Waals surface area contributed by atoms with Crippen LogP contribution in [0.4, 0.5) is 0 Å². The van der Waals surface area contributed by atoms with Gasteiger partial charge in [-0.3, -0.25) is 0 Å². The van der Waals surface area contributed by atoms with E-state index < -0.39 is 0 Å². The van der Waals surface area contributed by atoms with Gasteiger partial charge in [0, 0.05) is 6.07 Å². The van der Waals surface area contributed by atoms with Crippen LogP contribution in [0, 0.1) is 0 Å². The van der Waals surface area contributed by atoms with Crippen molar-refractivity contribution in [2.45, 2.75) is 20.0 Å². The van der Waals surface area contributed by atoms with E-state index in [4.69, 9.17) is 9.47 Å². The summed E-state index contributed by atoms with van der Waals surface area (Å²) >= 11 is 0. The number of nitrogens with zero attached hydrogens (tertiary/aromatic N) is 1. The highest BCUT2D eigenvalue weighted by Crippen LogP contribution is 2.15. The summed E-state index contributed by atoms with van der Waals surface area (Å²) in [7, 11) is 1.61. The maximum absolute atomic E-state index is 5.72. The number of hydrogen-bond donors (Lipinski definition) is 0. The number of methoxy groups -OCH3 is 1. The van der Waals surface area contributed by atoms with Crippen LogP contribution in [0.1, 0.15) is 18.2 Å². The molecule has 0 aliphatic carbocycles. The van der Waals surface area contributed by atoms with Gasteiger partial charge >= 0.3 is 0 Å². The summed E-state index contributed by atoms with van der Waals surface area (Å²) in [6, 6.07) is 13.8. The minimum absolute atomic E-state index is 0.449. The quantitative estimate of drug-likeness (QED) is 0.808. The molecule has 94 valence electrons. The third kappa shape index (κ3) is 3.23. The number of pyridine rings is 1. The predicted octanol–water partition coefficient (Wildman–Crippen LogP) is 3.23. The number of aromatic nitrogens is 1. The number of ether oxygens (including phenoxy) is 2. The number of hydrogen-bond acceptors (Lipinski definition) is 3. The van der Waals surface area contributed by atoms with Crippen molar-refractivity contribution in [2.24, 2.45) is 0 Å². The number of benzene rings is 1. The molecule has 2 aromatic rings. The molecular weight excluding hydrogens is 226 g/mol. The third-order valence-electron chi connectivity index (χ3n) is 2.68. The SMILES string of the molecule is CCc1cccc(OCc2cccc(OC)n2)c1. The van der Waals surface area contributed by atoms with Gasteiger partial charge in [-0.05, 0) is 30.2 Å². The summed E-state index contributed by atoms with van der Waals surface area (Å²) in [4.78, 5) is 4.30. The van der Waals surface area contributed by atoms with Crippen molar-refractivity contribution in [2.75, 3.05) is 7.11 Å². The van der Waals surface area contributed by atoms with Gasteiger partial charge in [0.25, 0.3) is 0 Å². The van der Waals surface area contributed by atoms with E-state index in [9.17, 15) is 0 Å². The molecule has 0 aliphatic rings. The van der Waals surface area contributed by atoms with Crippen molar-refractivity contribution in [3.8, 4) is 11.6 Å². The monoisotopic (exact) mass is 243 g/mol. The van der Waals surface area contributed by atoms with E-state index in [1.807, 2.05) is 30.3 Å². The number of aryl methyl sites for hydroxylation is 1. The molecule has 0 fully saturated rings. The molecule has 2 rings (SSSR count). The van der Waals surface area contributed by atoms with Gasteiger partial charge in [0.05, 0.1) is 12.8 Å². The van der Waals surface area contributed by atoms with E-state index in [0.29, 0.717) is 12.5 Å². The van der Waals surface area contributed by atoms with Crippen molar-refractivity contribution >= 4 is 0 Å². The van der Waals surface area contributed by atoms with Crippen LogP contribution in [-0.2, 0) is 13.0 Å². The third-order valence-corrected chi connectivity index (χ3v) is 2.68. The van der Waals surface area contributed by atoms with Crippen molar-refractivity contribution in [3.05, 3.63) is 53.7 Å². The van der Waals surface area contributed by atoms with Gasteiger partial charge in [0.1, 0.15) is 12.4 Å². The van der Waals surface area contributed by atoms with E-state index >= 15 is 0 Å². The minimum Gasteiger partial charge on any atom is -0.487 e. The van der Waals surface area contributed by atoms with Crippen LogP contribution in [0.5, 0.6) is 11.6 Å². The van der Waals surface area contributed by atoms with E-state index in [-0.39, 0.29) is 0 Å². The highest BCUT2D eigenvalue weighted by Gasteiger charge is 2.00. The van der Waals surface area contributed by atoms with E-state index in [2.05, 4.69) is 24.0 Å². The average Bonchev–Trinajstić information content (AvgIpc) is 2.45. The molecule has 1 aromatic heterocycles. The Balaban J connectivity index is 2.01. The normalized spacial score (nSPS) is 10.1. The molecule has 0 unspecified atom stereocenters. The lowest BCUT2D eigenvalue weighted by Crippen LogP contribution is -1.99. The molecular formula is C15H17NO2. The molecule has 0 aliphatic heterocycles. The lowest BCUT2D eigenvalue weighted by Gasteiger charge is -2.07. The van der Waals surface area contributed by atoms with Crippen LogP contribution in [0.2, 0.25) is 0 Å². The lowest BCUT2D eigenvalue weighted by molar-refractivity contribution is 0.298. The molecule has 1 heterocycles. The van der Waals surface area contributed by atoms with Crippen LogP contribution in [0.25, 0.3) is 0 Å². The Morgan fingerprint density at radius 3 is 2.72 bits per heavy atom. The number of rotatable bonds is 5. The maximum Gasteiger partial charge on any atom is 0.213 e. The summed E-state index contributed by atoms with van der Waals surface area (Å²) in [6.45, 7) is 2.58. The van der Waals surface area contributed by atoms with Gasteiger partial charge in [-0.15, -0.1) is 0 Å². The van der Waals surface area contributed by atoms with E-state index in [0.717, 1.165) is 17.9 Å². The van der Waals surface area contributed by atoms with E-state index in [1.165, 1.54) is 5.56 Å². The Kier molecular flexibility index (Phi) is 4.18. The van der Waals surface area contributed by atoms with Gasteiger partial charge in [-0.2, -0.15) is 0 Å². The van der Waals surface area contributed by atoms with Crippen LogP contribution in [0.15, 0.2) is 42.5 Å². The fraction of sp³-hybridized carbons (Fsp3) is 0.267. The molecule has 0 N–H and O–H groups in total. The summed E-state index contributed by atoms with van der Waals surface area (Å²) in [6.07, 6.45) is 1.01. The zero-order valence-corrected chi connectivity index (χ0v) is 10.7. The molecule has 18 heavy (non-hydrogen) atoms. The first kappa shape index (κ1) is 12.4. The van der Waals surface area contributed by atoms with Gasteiger partial charge in [-0.25, -0.2) is 4.98 Å². The summed E-state index contributed by atoms with van der Waals surface area (Å²) in [5, 5.41) is 0. The second-order valence-electron chi connectivity index (χ2n) is 3.96. The van der Waals surface area contributed by atoms with Gasteiger partial charge in [-0.1, -0.05) is 25.1 Å². The average molecular weight is 243 g/mol. The van der Waals surface area contributed by atoms with Crippen molar-refractivity contribution in [3.63, 3.8) is 0 Å². The fourth-order valence-corrected chi connectivity index (χ4v) is 1.66. The van der Waals surface area contributed by atoms with E-state index in [1.54, 1.807) is 7.11 Å². The van der Waals surface area contributed by atoms with Crippen LogP contribution >= 0.6 is 0 Å². The molecule has 1 aromatic carbocycles. The molecule has 0 bridgehead atoms. The van der Waals surface area contributed by atoms with Crippen molar-refractivity contribution < 1.29 is 9.47 Å². The first-order chi connectivity index (χ1) is 8.81. The lowest BCUT2D eigenvalue weighted by atomic mass is 10.2. The van der Waals surface area contributed by atoms with Crippen molar-refractivity contribution in [1.82, 2.24) is 4.98 Å². The van der Waals surface area contributed by atoms with Gasteiger partial charge in [0.15, 0.2) is 0 Å². The fourth-order valence-electron chi connectivity index (χ4n) is 1.66. The Morgan fingerprint density at radius 2 is 1.94 bits per heavy atom. The molecule has 3 heteroatoms. The van der Waals surface area contributed by atoms with Crippen molar-refractivity contribution in [1.29, 1.82) is 0 Å². The second kappa shape index (κ2) is 6.05. The van der Waals surface area contributed by atoms with Crippen LogP contribution in [-0.4, -0.2) is 12.1 Å². The Hall–Kier alpha value is -2.03. The molecule has 0 spiro atoms. The first-order valence-corrected chi connectivity index (χ1v) is 6.03.